The van der Waals surface area contributed by atoms with Gasteiger partial charge in [-0.15, -0.1) is 0 Å². The van der Waals surface area contributed by atoms with E-state index in [2.05, 4.69) is 27.0 Å². The molecule has 20 heavy (non-hydrogen) atoms. The number of hydrogen-bond donors (Lipinski definition) is 1. The summed E-state index contributed by atoms with van der Waals surface area (Å²) >= 11 is 1.67. The summed E-state index contributed by atoms with van der Waals surface area (Å²) in [6, 6.07) is 7.26. The molecule has 0 aliphatic heterocycles. The summed E-state index contributed by atoms with van der Waals surface area (Å²) in [5, 5.41) is 18.1. The molecule has 0 aliphatic carbocycles. The maximum atomic E-state index is 11.0. The molecule has 2 rings (SSSR count). The summed E-state index contributed by atoms with van der Waals surface area (Å²) in [5.41, 5.74) is 2.90. The molecule has 2 aromatic rings. The quantitative estimate of drug-likeness (QED) is 0.655. The molecule has 1 aromatic heterocycles. The van der Waals surface area contributed by atoms with E-state index < -0.39 is 0 Å². The Morgan fingerprint density at radius 3 is 2.75 bits per heavy atom. The van der Waals surface area contributed by atoms with Gasteiger partial charge in [-0.05, 0) is 35.0 Å². The molecular weight excluding hydrogens is 274 g/mol. The second-order valence-corrected chi connectivity index (χ2v) is 5.40. The Labute approximate surface area is 122 Å². The van der Waals surface area contributed by atoms with Gasteiger partial charge in [0, 0.05) is 26.2 Å². The minimum atomic E-state index is -0.353. The van der Waals surface area contributed by atoms with E-state index in [4.69, 9.17) is 0 Å². The predicted molar refractivity (Wildman–Crippen MR) is 82.1 cm³/mol. The second kappa shape index (κ2) is 6.49. The fraction of sp³-hybridized carbons (Fsp3) is 0.286. The van der Waals surface area contributed by atoms with Crippen LogP contribution in [0, 0.1) is 10.1 Å². The SMILES string of the molecule is CNc1c(CN(C)Cc2ccsc2)cccc1[N+](=O)[O-]. The van der Waals surface area contributed by atoms with E-state index in [1.54, 1.807) is 24.5 Å². The zero-order chi connectivity index (χ0) is 14.5. The molecule has 106 valence electrons. The molecule has 0 fully saturated rings. The third kappa shape index (κ3) is 3.34. The summed E-state index contributed by atoms with van der Waals surface area (Å²) < 4.78 is 0. The van der Waals surface area contributed by atoms with Crippen LogP contribution in [0.1, 0.15) is 11.1 Å². The molecule has 0 bridgehead atoms. The first-order valence-electron chi connectivity index (χ1n) is 6.25. The number of benzene rings is 1. The Morgan fingerprint density at radius 1 is 1.35 bits per heavy atom. The van der Waals surface area contributed by atoms with Crippen molar-refractivity contribution in [3.8, 4) is 0 Å². The van der Waals surface area contributed by atoms with Gasteiger partial charge in [0.05, 0.1) is 4.92 Å². The van der Waals surface area contributed by atoms with Crippen LogP contribution < -0.4 is 5.32 Å². The minimum absolute atomic E-state index is 0.119. The predicted octanol–water partition coefficient (Wildman–Crippen LogP) is 3.33. The van der Waals surface area contributed by atoms with Gasteiger partial charge in [-0.2, -0.15) is 11.3 Å². The van der Waals surface area contributed by atoms with Crippen molar-refractivity contribution < 1.29 is 4.92 Å². The molecule has 1 aromatic carbocycles. The molecule has 1 heterocycles. The molecule has 0 unspecified atom stereocenters. The Morgan fingerprint density at radius 2 is 2.15 bits per heavy atom. The molecule has 6 heteroatoms. The third-order valence-electron chi connectivity index (χ3n) is 3.05. The molecule has 5 nitrogen and oxygen atoms in total. The Bertz CT molecular complexity index is 584. The first kappa shape index (κ1) is 14.5. The monoisotopic (exact) mass is 291 g/mol. The molecule has 1 N–H and O–H groups in total. The number of thiophene rings is 1. The molecule has 0 amide bonds. The van der Waals surface area contributed by atoms with Crippen LogP contribution in [0.25, 0.3) is 0 Å². The van der Waals surface area contributed by atoms with Gasteiger partial charge in [-0.1, -0.05) is 12.1 Å². The lowest BCUT2D eigenvalue weighted by atomic mass is 10.1. The molecular formula is C14H17N3O2S. The Hall–Kier alpha value is -1.92. The van der Waals surface area contributed by atoms with Crippen LogP contribution >= 0.6 is 11.3 Å². The highest BCUT2D eigenvalue weighted by Gasteiger charge is 2.16. The van der Waals surface area contributed by atoms with Gasteiger partial charge in [0.2, 0.25) is 0 Å². The van der Waals surface area contributed by atoms with Gasteiger partial charge in [-0.25, -0.2) is 0 Å². The van der Waals surface area contributed by atoms with Crippen molar-refractivity contribution in [1.82, 2.24) is 4.90 Å². The van der Waals surface area contributed by atoms with Crippen molar-refractivity contribution in [2.75, 3.05) is 19.4 Å². The second-order valence-electron chi connectivity index (χ2n) is 4.62. The van der Waals surface area contributed by atoms with Gasteiger partial charge >= 0.3 is 0 Å². The number of anilines is 1. The normalized spacial score (nSPS) is 10.8. The average Bonchev–Trinajstić information content (AvgIpc) is 2.91. The van der Waals surface area contributed by atoms with Crippen LogP contribution in [0.15, 0.2) is 35.0 Å². The topological polar surface area (TPSA) is 58.4 Å². The number of rotatable bonds is 6. The highest BCUT2D eigenvalue weighted by Crippen LogP contribution is 2.28. The first-order chi connectivity index (χ1) is 9.61. The van der Waals surface area contributed by atoms with Gasteiger partial charge in [0.1, 0.15) is 5.69 Å². The molecule has 0 atom stereocenters. The Kier molecular flexibility index (Phi) is 4.70. The summed E-state index contributed by atoms with van der Waals surface area (Å²) in [5.74, 6) is 0. The molecule has 0 aliphatic rings. The molecule has 0 spiro atoms. The zero-order valence-electron chi connectivity index (χ0n) is 11.5. The van der Waals surface area contributed by atoms with Gasteiger partial charge in [0.15, 0.2) is 0 Å². The third-order valence-corrected chi connectivity index (χ3v) is 3.78. The van der Waals surface area contributed by atoms with Crippen molar-refractivity contribution in [1.29, 1.82) is 0 Å². The van der Waals surface area contributed by atoms with Gasteiger partial charge in [0.25, 0.3) is 5.69 Å². The van der Waals surface area contributed by atoms with Crippen LogP contribution in [0.4, 0.5) is 11.4 Å². The molecule has 0 radical (unpaired) electrons. The van der Waals surface area contributed by atoms with E-state index in [0.717, 1.165) is 12.1 Å². The number of hydrogen-bond acceptors (Lipinski definition) is 5. The largest absolute Gasteiger partial charge is 0.382 e. The average molecular weight is 291 g/mol. The van der Waals surface area contributed by atoms with E-state index in [9.17, 15) is 10.1 Å². The van der Waals surface area contributed by atoms with E-state index in [1.807, 2.05) is 13.1 Å². The van der Waals surface area contributed by atoms with Crippen LogP contribution in [0.3, 0.4) is 0 Å². The number of nitrogens with one attached hydrogen (secondary N) is 1. The summed E-state index contributed by atoms with van der Waals surface area (Å²) in [6.07, 6.45) is 0. The van der Waals surface area contributed by atoms with Crippen molar-refractivity contribution in [3.63, 3.8) is 0 Å². The fourth-order valence-electron chi connectivity index (χ4n) is 2.20. The van der Waals surface area contributed by atoms with Gasteiger partial charge < -0.3 is 5.32 Å². The van der Waals surface area contributed by atoms with Crippen molar-refractivity contribution >= 4 is 22.7 Å². The zero-order valence-corrected chi connectivity index (χ0v) is 12.3. The van der Waals surface area contributed by atoms with Crippen LogP contribution in [-0.2, 0) is 13.1 Å². The standard InChI is InChI=1S/C14H17N3O2S/c1-15-14-12(4-3-5-13(14)17(18)19)9-16(2)8-11-6-7-20-10-11/h3-7,10,15H,8-9H2,1-2H3. The number of nitrogens with zero attached hydrogens (tertiary/aromatic N) is 2. The lowest BCUT2D eigenvalue weighted by Gasteiger charge is -2.18. The summed E-state index contributed by atoms with van der Waals surface area (Å²) in [6.45, 7) is 1.49. The summed E-state index contributed by atoms with van der Waals surface area (Å²) in [7, 11) is 3.72. The van der Waals surface area contributed by atoms with Gasteiger partial charge in [-0.3, -0.25) is 15.0 Å². The fourth-order valence-corrected chi connectivity index (χ4v) is 2.86. The number of nitro groups is 1. The van der Waals surface area contributed by atoms with Crippen LogP contribution in [-0.4, -0.2) is 23.9 Å². The molecule has 0 saturated carbocycles. The maximum absolute atomic E-state index is 11.0. The van der Waals surface area contributed by atoms with E-state index in [-0.39, 0.29) is 10.6 Å². The highest BCUT2D eigenvalue weighted by atomic mass is 32.1. The number of nitro benzene ring substituents is 1. The first-order valence-corrected chi connectivity index (χ1v) is 7.19. The number of para-hydroxylation sites is 1. The van der Waals surface area contributed by atoms with Crippen molar-refractivity contribution in [3.05, 3.63) is 56.3 Å². The van der Waals surface area contributed by atoms with Crippen LogP contribution in [0.5, 0.6) is 0 Å². The van der Waals surface area contributed by atoms with E-state index >= 15 is 0 Å². The smallest absolute Gasteiger partial charge is 0.292 e. The van der Waals surface area contributed by atoms with Crippen LogP contribution in [0.2, 0.25) is 0 Å². The lowest BCUT2D eigenvalue weighted by Crippen LogP contribution is -2.18. The summed E-state index contributed by atoms with van der Waals surface area (Å²) in [4.78, 5) is 12.8. The van der Waals surface area contributed by atoms with E-state index in [0.29, 0.717) is 12.2 Å². The Balaban J connectivity index is 2.16. The van der Waals surface area contributed by atoms with Crippen molar-refractivity contribution in [2.24, 2.45) is 0 Å². The highest BCUT2D eigenvalue weighted by molar-refractivity contribution is 7.07. The lowest BCUT2D eigenvalue weighted by molar-refractivity contribution is -0.384. The maximum Gasteiger partial charge on any atom is 0.292 e. The molecule has 0 saturated heterocycles. The minimum Gasteiger partial charge on any atom is -0.382 e. The van der Waals surface area contributed by atoms with E-state index in [1.165, 1.54) is 11.6 Å². The van der Waals surface area contributed by atoms with Crippen molar-refractivity contribution in [2.45, 2.75) is 13.1 Å².